The average Bonchev–Trinajstić information content (AvgIpc) is 2.48. The zero-order chi connectivity index (χ0) is 14.5. The molecule has 0 unspecified atom stereocenters. The van der Waals surface area contributed by atoms with Gasteiger partial charge in [-0.05, 0) is 19.4 Å². The Morgan fingerprint density at radius 3 is 2.15 bits per heavy atom. The highest BCUT2D eigenvalue weighted by atomic mass is 16.3. The van der Waals surface area contributed by atoms with Crippen molar-refractivity contribution in [3.8, 4) is 0 Å². The first-order chi connectivity index (χ1) is 9.58. The predicted octanol–water partition coefficient (Wildman–Crippen LogP) is 1.11. The molecule has 20 heavy (non-hydrogen) atoms. The molecular formula is C16H26N2O2. The number of hydrogen-bond donors (Lipinski definition) is 2. The lowest BCUT2D eigenvalue weighted by atomic mass is 10.1. The molecule has 3 atom stereocenters. The maximum atomic E-state index is 10.2. The molecule has 0 aliphatic carbocycles. The second kappa shape index (κ2) is 7.18. The molecule has 4 nitrogen and oxygen atoms in total. The van der Waals surface area contributed by atoms with Crippen LogP contribution in [-0.2, 0) is 0 Å². The second-order valence-electron chi connectivity index (χ2n) is 5.74. The van der Waals surface area contributed by atoms with Gasteiger partial charge < -0.3 is 10.2 Å². The van der Waals surface area contributed by atoms with Crippen LogP contribution in [0.1, 0.15) is 25.5 Å². The number of β-amino-alcohol motifs (C(OH)–C–C–N with tert-alkyl or cyclic N) is 1. The second-order valence-corrected chi connectivity index (χ2v) is 5.74. The van der Waals surface area contributed by atoms with Gasteiger partial charge in [0, 0.05) is 38.8 Å². The molecule has 112 valence electrons. The number of rotatable bonds is 5. The summed E-state index contributed by atoms with van der Waals surface area (Å²) < 4.78 is 0. The Hall–Kier alpha value is -0.940. The molecule has 2 rings (SSSR count). The van der Waals surface area contributed by atoms with Crippen LogP contribution in [0.15, 0.2) is 30.3 Å². The first-order valence-electron chi connectivity index (χ1n) is 7.45. The van der Waals surface area contributed by atoms with Gasteiger partial charge in [0.15, 0.2) is 0 Å². The smallest absolute Gasteiger partial charge is 0.0916 e. The van der Waals surface area contributed by atoms with Crippen molar-refractivity contribution >= 4 is 0 Å². The van der Waals surface area contributed by atoms with E-state index in [1.807, 2.05) is 37.3 Å². The van der Waals surface area contributed by atoms with Crippen molar-refractivity contribution < 1.29 is 10.2 Å². The SMILES string of the molecule is C[C@H](O)[C@H](C)N1CCN(C[C@H](O)c2ccccc2)CC1. The predicted molar refractivity (Wildman–Crippen MR) is 80.6 cm³/mol. The number of benzene rings is 1. The summed E-state index contributed by atoms with van der Waals surface area (Å²) >= 11 is 0. The Labute approximate surface area is 121 Å². The third kappa shape index (κ3) is 4.03. The fraction of sp³-hybridized carbons (Fsp3) is 0.625. The summed E-state index contributed by atoms with van der Waals surface area (Å²) in [6, 6.07) is 10.0. The van der Waals surface area contributed by atoms with Gasteiger partial charge in [0.05, 0.1) is 12.2 Å². The van der Waals surface area contributed by atoms with E-state index in [1.165, 1.54) is 0 Å². The maximum Gasteiger partial charge on any atom is 0.0916 e. The van der Waals surface area contributed by atoms with E-state index < -0.39 is 6.10 Å². The van der Waals surface area contributed by atoms with Crippen molar-refractivity contribution in [1.29, 1.82) is 0 Å². The van der Waals surface area contributed by atoms with Gasteiger partial charge in [-0.1, -0.05) is 30.3 Å². The molecule has 1 saturated heterocycles. The molecule has 1 aromatic carbocycles. The zero-order valence-electron chi connectivity index (χ0n) is 12.4. The molecule has 1 heterocycles. The summed E-state index contributed by atoms with van der Waals surface area (Å²) in [5.41, 5.74) is 0.979. The van der Waals surface area contributed by atoms with E-state index in [0.29, 0.717) is 6.54 Å². The van der Waals surface area contributed by atoms with Gasteiger partial charge in [0.2, 0.25) is 0 Å². The van der Waals surface area contributed by atoms with Crippen molar-refractivity contribution in [2.24, 2.45) is 0 Å². The molecule has 0 bridgehead atoms. The molecule has 0 amide bonds. The van der Waals surface area contributed by atoms with Crippen molar-refractivity contribution in [2.75, 3.05) is 32.7 Å². The van der Waals surface area contributed by atoms with Crippen LogP contribution in [0.2, 0.25) is 0 Å². The van der Waals surface area contributed by atoms with Crippen molar-refractivity contribution in [3.63, 3.8) is 0 Å². The first-order valence-corrected chi connectivity index (χ1v) is 7.45. The van der Waals surface area contributed by atoms with E-state index in [-0.39, 0.29) is 12.1 Å². The van der Waals surface area contributed by atoms with Crippen LogP contribution in [-0.4, -0.2) is 64.9 Å². The molecule has 0 saturated carbocycles. The lowest BCUT2D eigenvalue weighted by Crippen LogP contribution is -2.52. The van der Waals surface area contributed by atoms with Crippen LogP contribution in [0.3, 0.4) is 0 Å². The molecule has 1 fully saturated rings. The molecule has 1 aromatic rings. The number of piperazine rings is 1. The molecule has 4 heteroatoms. The van der Waals surface area contributed by atoms with Crippen molar-refractivity contribution in [3.05, 3.63) is 35.9 Å². The summed E-state index contributed by atoms with van der Waals surface area (Å²) in [6.45, 7) is 8.39. The molecular weight excluding hydrogens is 252 g/mol. The highest BCUT2D eigenvalue weighted by molar-refractivity contribution is 5.17. The normalized spacial score (nSPS) is 22.4. The van der Waals surface area contributed by atoms with Gasteiger partial charge in [-0.25, -0.2) is 0 Å². The fourth-order valence-electron chi connectivity index (χ4n) is 2.68. The van der Waals surface area contributed by atoms with Gasteiger partial charge in [0.1, 0.15) is 0 Å². The van der Waals surface area contributed by atoms with E-state index in [9.17, 15) is 10.2 Å². The Kier molecular flexibility index (Phi) is 5.54. The van der Waals surface area contributed by atoms with Gasteiger partial charge in [-0.2, -0.15) is 0 Å². The van der Waals surface area contributed by atoms with Crippen LogP contribution in [0.25, 0.3) is 0 Å². The van der Waals surface area contributed by atoms with Crippen LogP contribution < -0.4 is 0 Å². The lowest BCUT2D eigenvalue weighted by molar-refractivity contribution is 0.0212. The number of aliphatic hydroxyl groups is 2. The Morgan fingerprint density at radius 1 is 1.00 bits per heavy atom. The molecule has 0 spiro atoms. The van der Waals surface area contributed by atoms with Gasteiger partial charge in [-0.3, -0.25) is 9.80 Å². The Bertz CT molecular complexity index is 389. The highest BCUT2D eigenvalue weighted by Gasteiger charge is 2.24. The van der Waals surface area contributed by atoms with E-state index in [4.69, 9.17) is 0 Å². The zero-order valence-corrected chi connectivity index (χ0v) is 12.4. The lowest BCUT2D eigenvalue weighted by Gasteiger charge is -2.39. The van der Waals surface area contributed by atoms with Crippen molar-refractivity contribution in [1.82, 2.24) is 9.80 Å². The van der Waals surface area contributed by atoms with E-state index >= 15 is 0 Å². The standard InChI is InChI=1S/C16H26N2O2/c1-13(14(2)19)18-10-8-17(9-11-18)12-16(20)15-6-4-3-5-7-15/h3-7,13-14,16,19-20H,8-12H2,1-2H3/t13-,14-,16-/m0/s1. The summed E-state index contributed by atoms with van der Waals surface area (Å²) in [4.78, 5) is 4.61. The summed E-state index contributed by atoms with van der Waals surface area (Å²) in [5.74, 6) is 0. The fourth-order valence-corrected chi connectivity index (χ4v) is 2.68. The summed E-state index contributed by atoms with van der Waals surface area (Å²) in [6.07, 6.45) is -0.714. The minimum absolute atomic E-state index is 0.205. The molecule has 1 aliphatic heterocycles. The Balaban J connectivity index is 1.80. The van der Waals surface area contributed by atoms with Gasteiger partial charge >= 0.3 is 0 Å². The third-order valence-electron chi connectivity index (χ3n) is 4.30. The maximum absolute atomic E-state index is 10.2. The molecule has 0 radical (unpaired) electrons. The van der Waals surface area contributed by atoms with Gasteiger partial charge in [-0.15, -0.1) is 0 Å². The number of hydrogen-bond acceptors (Lipinski definition) is 4. The minimum Gasteiger partial charge on any atom is -0.392 e. The van der Waals surface area contributed by atoms with E-state index in [1.54, 1.807) is 0 Å². The third-order valence-corrected chi connectivity index (χ3v) is 4.30. The van der Waals surface area contributed by atoms with Crippen LogP contribution in [0.5, 0.6) is 0 Å². The van der Waals surface area contributed by atoms with Crippen LogP contribution in [0, 0.1) is 0 Å². The van der Waals surface area contributed by atoms with Crippen LogP contribution >= 0.6 is 0 Å². The highest BCUT2D eigenvalue weighted by Crippen LogP contribution is 2.16. The average molecular weight is 278 g/mol. The van der Waals surface area contributed by atoms with E-state index in [2.05, 4.69) is 16.7 Å². The molecule has 0 aromatic heterocycles. The molecule has 2 N–H and O–H groups in total. The molecule has 1 aliphatic rings. The Morgan fingerprint density at radius 2 is 1.60 bits per heavy atom. The largest absolute Gasteiger partial charge is 0.392 e. The number of aliphatic hydroxyl groups excluding tert-OH is 2. The summed E-state index contributed by atoms with van der Waals surface area (Å²) in [7, 11) is 0. The quantitative estimate of drug-likeness (QED) is 0.847. The van der Waals surface area contributed by atoms with Crippen molar-refractivity contribution in [2.45, 2.75) is 32.1 Å². The minimum atomic E-state index is -0.420. The number of nitrogens with zero attached hydrogens (tertiary/aromatic N) is 2. The first kappa shape index (κ1) is 15.4. The summed E-state index contributed by atoms with van der Waals surface area (Å²) in [5, 5.41) is 19.9. The monoisotopic (exact) mass is 278 g/mol. The topological polar surface area (TPSA) is 46.9 Å². The van der Waals surface area contributed by atoms with Crippen LogP contribution in [0.4, 0.5) is 0 Å². The van der Waals surface area contributed by atoms with E-state index in [0.717, 1.165) is 31.7 Å². The van der Waals surface area contributed by atoms with Gasteiger partial charge in [0.25, 0.3) is 0 Å².